The SMILES string of the molecule is CCOC(=O)CC(=S)NCCN(CC)CC. The summed E-state index contributed by atoms with van der Waals surface area (Å²) in [7, 11) is 0. The number of hydrogen-bond acceptors (Lipinski definition) is 4. The highest BCUT2D eigenvalue weighted by molar-refractivity contribution is 7.80. The predicted octanol–water partition coefficient (Wildman–Crippen LogP) is 1.20. The number of nitrogens with one attached hydrogen (secondary N) is 1. The molecule has 0 aromatic rings. The molecule has 0 aliphatic carbocycles. The zero-order valence-corrected chi connectivity index (χ0v) is 11.2. The summed E-state index contributed by atoms with van der Waals surface area (Å²) in [5, 5.41) is 3.06. The van der Waals surface area contributed by atoms with Crippen molar-refractivity contribution in [3.05, 3.63) is 0 Å². The van der Waals surface area contributed by atoms with E-state index in [1.807, 2.05) is 0 Å². The van der Waals surface area contributed by atoms with E-state index in [9.17, 15) is 4.79 Å². The molecule has 0 heterocycles. The van der Waals surface area contributed by atoms with Crippen molar-refractivity contribution in [2.75, 3.05) is 32.8 Å². The van der Waals surface area contributed by atoms with Gasteiger partial charge in [0.1, 0.15) is 0 Å². The first-order chi connectivity index (χ1) is 7.63. The van der Waals surface area contributed by atoms with Gasteiger partial charge in [-0.2, -0.15) is 0 Å². The smallest absolute Gasteiger partial charge is 0.312 e. The van der Waals surface area contributed by atoms with E-state index in [2.05, 4.69) is 24.1 Å². The van der Waals surface area contributed by atoms with Crippen LogP contribution in [0.3, 0.4) is 0 Å². The van der Waals surface area contributed by atoms with Crippen molar-refractivity contribution in [2.45, 2.75) is 27.2 Å². The van der Waals surface area contributed by atoms with Crippen LogP contribution in [0.2, 0.25) is 0 Å². The Labute approximate surface area is 103 Å². The Morgan fingerprint density at radius 3 is 2.44 bits per heavy atom. The summed E-state index contributed by atoms with van der Waals surface area (Å²) < 4.78 is 4.81. The fourth-order valence-corrected chi connectivity index (χ4v) is 1.52. The normalized spacial score (nSPS) is 10.2. The lowest BCUT2D eigenvalue weighted by atomic mass is 10.4. The third kappa shape index (κ3) is 7.59. The van der Waals surface area contributed by atoms with Crippen molar-refractivity contribution in [3.63, 3.8) is 0 Å². The summed E-state index contributed by atoms with van der Waals surface area (Å²) in [5.74, 6) is -0.261. The van der Waals surface area contributed by atoms with Gasteiger partial charge in [-0.15, -0.1) is 0 Å². The van der Waals surface area contributed by atoms with Crippen LogP contribution >= 0.6 is 12.2 Å². The van der Waals surface area contributed by atoms with Crippen LogP contribution in [0.4, 0.5) is 0 Å². The zero-order chi connectivity index (χ0) is 12.4. The Kier molecular flexibility index (Phi) is 9.13. The molecule has 0 aliphatic rings. The third-order valence-corrected chi connectivity index (χ3v) is 2.54. The van der Waals surface area contributed by atoms with E-state index in [1.54, 1.807) is 6.92 Å². The fraction of sp³-hybridized carbons (Fsp3) is 0.818. The average molecular weight is 246 g/mol. The lowest BCUT2D eigenvalue weighted by molar-refractivity contribution is -0.141. The minimum Gasteiger partial charge on any atom is -0.466 e. The van der Waals surface area contributed by atoms with E-state index in [1.165, 1.54) is 0 Å². The van der Waals surface area contributed by atoms with Gasteiger partial charge in [-0.05, 0) is 20.0 Å². The molecule has 1 N–H and O–H groups in total. The number of carbonyl (C=O) groups excluding carboxylic acids is 1. The van der Waals surface area contributed by atoms with E-state index in [0.717, 1.165) is 26.2 Å². The van der Waals surface area contributed by atoms with Crippen LogP contribution in [0.15, 0.2) is 0 Å². The number of nitrogens with zero attached hydrogens (tertiary/aromatic N) is 1. The second-order valence-corrected chi connectivity index (χ2v) is 3.85. The monoisotopic (exact) mass is 246 g/mol. The topological polar surface area (TPSA) is 41.6 Å². The molecule has 0 unspecified atom stereocenters. The molecular weight excluding hydrogens is 224 g/mol. The molecule has 0 aromatic carbocycles. The van der Waals surface area contributed by atoms with Gasteiger partial charge in [0.05, 0.1) is 18.0 Å². The van der Waals surface area contributed by atoms with Crippen molar-refractivity contribution >= 4 is 23.2 Å². The van der Waals surface area contributed by atoms with Crippen molar-refractivity contribution < 1.29 is 9.53 Å². The summed E-state index contributed by atoms with van der Waals surface area (Å²) >= 11 is 5.04. The largest absolute Gasteiger partial charge is 0.466 e. The van der Waals surface area contributed by atoms with Crippen molar-refractivity contribution in [1.82, 2.24) is 10.2 Å². The predicted molar refractivity (Wildman–Crippen MR) is 69.6 cm³/mol. The van der Waals surface area contributed by atoms with Crippen molar-refractivity contribution in [1.29, 1.82) is 0 Å². The van der Waals surface area contributed by atoms with E-state index in [0.29, 0.717) is 11.6 Å². The van der Waals surface area contributed by atoms with Crippen LogP contribution in [0.25, 0.3) is 0 Å². The van der Waals surface area contributed by atoms with Gasteiger partial charge < -0.3 is 15.0 Å². The first-order valence-corrected chi connectivity index (χ1v) is 6.19. The molecule has 0 saturated heterocycles. The number of rotatable bonds is 8. The van der Waals surface area contributed by atoms with E-state index in [4.69, 9.17) is 17.0 Å². The summed E-state index contributed by atoms with van der Waals surface area (Å²) in [4.78, 5) is 14.0. The van der Waals surface area contributed by atoms with Gasteiger partial charge in [0.15, 0.2) is 0 Å². The van der Waals surface area contributed by atoms with Crippen LogP contribution in [0.1, 0.15) is 27.2 Å². The quantitative estimate of drug-likeness (QED) is 0.515. The highest BCUT2D eigenvalue weighted by Gasteiger charge is 2.06. The highest BCUT2D eigenvalue weighted by Crippen LogP contribution is 1.90. The minimum atomic E-state index is -0.261. The molecule has 0 spiro atoms. The van der Waals surface area contributed by atoms with Crippen molar-refractivity contribution in [2.24, 2.45) is 0 Å². The standard InChI is InChI=1S/C11H22N2O2S/c1-4-13(5-2)8-7-12-10(16)9-11(14)15-6-3/h4-9H2,1-3H3,(H,12,16). The summed E-state index contributed by atoms with van der Waals surface area (Å²) in [6.07, 6.45) is 0.182. The number of ether oxygens (including phenoxy) is 1. The van der Waals surface area contributed by atoms with Crippen LogP contribution in [0, 0.1) is 0 Å². The van der Waals surface area contributed by atoms with Gasteiger partial charge in [0, 0.05) is 13.1 Å². The van der Waals surface area contributed by atoms with E-state index in [-0.39, 0.29) is 12.4 Å². The van der Waals surface area contributed by atoms with Gasteiger partial charge in [-0.3, -0.25) is 4.79 Å². The molecule has 16 heavy (non-hydrogen) atoms. The molecule has 5 heteroatoms. The van der Waals surface area contributed by atoms with Crippen LogP contribution in [-0.2, 0) is 9.53 Å². The molecule has 0 radical (unpaired) electrons. The maximum atomic E-state index is 11.1. The van der Waals surface area contributed by atoms with Gasteiger partial charge >= 0.3 is 5.97 Å². The van der Waals surface area contributed by atoms with Gasteiger partial charge in [-0.25, -0.2) is 0 Å². The molecule has 94 valence electrons. The molecule has 0 rings (SSSR count). The van der Waals surface area contributed by atoms with Crippen LogP contribution in [-0.4, -0.2) is 48.6 Å². The number of likely N-dealkylation sites (N-methyl/N-ethyl adjacent to an activating group) is 1. The minimum absolute atomic E-state index is 0.182. The van der Waals surface area contributed by atoms with E-state index < -0.39 is 0 Å². The molecular formula is C11H22N2O2S. The number of esters is 1. The number of carbonyl (C=O) groups is 1. The average Bonchev–Trinajstić information content (AvgIpc) is 2.24. The Balaban J connectivity index is 3.61. The number of hydrogen-bond donors (Lipinski definition) is 1. The third-order valence-electron chi connectivity index (χ3n) is 2.25. The Morgan fingerprint density at radius 1 is 1.31 bits per heavy atom. The molecule has 4 nitrogen and oxygen atoms in total. The molecule has 0 aromatic heterocycles. The maximum absolute atomic E-state index is 11.1. The van der Waals surface area contributed by atoms with Crippen molar-refractivity contribution in [3.8, 4) is 0 Å². The lowest BCUT2D eigenvalue weighted by Crippen LogP contribution is -2.34. The molecule has 0 bridgehead atoms. The highest BCUT2D eigenvalue weighted by atomic mass is 32.1. The Hall–Kier alpha value is -0.680. The lowest BCUT2D eigenvalue weighted by Gasteiger charge is -2.18. The Bertz CT molecular complexity index is 218. The first kappa shape index (κ1) is 15.3. The summed E-state index contributed by atoms with van der Waals surface area (Å²) in [6.45, 7) is 10.2. The second-order valence-electron chi connectivity index (χ2n) is 3.36. The second kappa shape index (κ2) is 9.54. The summed E-state index contributed by atoms with van der Waals surface area (Å²) in [5.41, 5.74) is 0. The molecule has 0 aliphatic heterocycles. The first-order valence-electron chi connectivity index (χ1n) is 5.78. The van der Waals surface area contributed by atoms with Gasteiger partial charge in [-0.1, -0.05) is 26.1 Å². The van der Waals surface area contributed by atoms with Crippen LogP contribution in [0.5, 0.6) is 0 Å². The zero-order valence-electron chi connectivity index (χ0n) is 10.4. The maximum Gasteiger partial charge on any atom is 0.312 e. The Morgan fingerprint density at radius 2 is 1.94 bits per heavy atom. The fourth-order valence-electron chi connectivity index (χ4n) is 1.30. The van der Waals surface area contributed by atoms with Crippen LogP contribution < -0.4 is 5.32 Å². The molecule has 0 amide bonds. The molecule has 0 atom stereocenters. The number of thiocarbonyl (C=S) groups is 1. The summed E-state index contributed by atoms with van der Waals surface area (Å²) in [6, 6.07) is 0. The molecule has 0 fully saturated rings. The van der Waals surface area contributed by atoms with Gasteiger partial charge in [0.2, 0.25) is 0 Å². The molecule has 0 saturated carbocycles. The van der Waals surface area contributed by atoms with E-state index >= 15 is 0 Å². The van der Waals surface area contributed by atoms with Gasteiger partial charge in [0.25, 0.3) is 0 Å².